The van der Waals surface area contributed by atoms with Crippen LogP contribution < -0.4 is 0 Å². The number of likely N-dealkylation sites (N-methyl/N-ethyl adjacent to an activating group) is 1. The molecule has 1 aliphatic heterocycles. The summed E-state index contributed by atoms with van der Waals surface area (Å²) >= 11 is 12.6. The molecule has 0 bridgehead atoms. The van der Waals surface area contributed by atoms with Crippen LogP contribution in [0.25, 0.3) is 0 Å². The van der Waals surface area contributed by atoms with E-state index in [1.54, 1.807) is 30.1 Å². The van der Waals surface area contributed by atoms with Crippen molar-refractivity contribution in [3.63, 3.8) is 0 Å². The van der Waals surface area contributed by atoms with Crippen molar-refractivity contribution in [1.29, 1.82) is 0 Å². The van der Waals surface area contributed by atoms with Gasteiger partial charge in [0.05, 0.1) is 22.6 Å². The third-order valence-corrected chi connectivity index (χ3v) is 11.3. The molecule has 2 aromatic carbocycles. The number of sulfonamides is 1. The summed E-state index contributed by atoms with van der Waals surface area (Å²) < 4.78 is 27.4. The second-order valence-corrected chi connectivity index (χ2v) is 14.1. The summed E-state index contributed by atoms with van der Waals surface area (Å²) in [5.41, 5.74) is 0.753. The summed E-state index contributed by atoms with van der Waals surface area (Å²) in [6.45, 7) is 2.08. The molecule has 1 amide bonds. The van der Waals surface area contributed by atoms with Gasteiger partial charge in [0.1, 0.15) is 0 Å². The number of amides is 1. The normalized spacial score (nSPS) is 28.1. The van der Waals surface area contributed by atoms with Crippen LogP contribution in [-0.2, 0) is 19.6 Å². The minimum atomic E-state index is -3.46. The minimum Gasteiger partial charge on any atom is -0.481 e. The van der Waals surface area contributed by atoms with E-state index in [0.717, 1.165) is 11.1 Å². The molecule has 5 atom stereocenters. The van der Waals surface area contributed by atoms with E-state index in [1.807, 2.05) is 37.3 Å². The van der Waals surface area contributed by atoms with Crippen LogP contribution in [0.1, 0.15) is 62.1 Å². The third kappa shape index (κ3) is 4.85. The summed E-state index contributed by atoms with van der Waals surface area (Å²) in [6, 6.07) is 13.9. The highest BCUT2D eigenvalue weighted by atomic mass is 35.5. The third-order valence-electron chi connectivity index (χ3n) is 8.50. The zero-order valence-electron chi connectivity index (χ0n) is 21.4. The van der Waals surface area contributed by atoms with Crippen LogP contribution in [-0.4, -0.2) is 59.5 Å². The van der Waals surface area contributed by atoms with E-state index in [4.69, 9.17) is 23.2 Å². The number of likely N-dealkylation sites (tertiary alicyclic amines) is 1. The molecule has 0 radical (unpaired) electrons. The average molecular weight is 580 g/mol. The molecule has 1 saturated heterocycles. The molecule has 204 valence electrons. The molecule has 2 saturated carbocycles. The molecule has 1 N–H and O–H groups in total. The van der Waals surface area contributed by atoms with Gasteiger partial charge in [0.15, 0.2) is 0 Å². The van der Waals surface area contributed by atoms with Gasteiger partial charge in [0, 0.05) is 35.6 Å². The predicted octanol–water partition coefficient (Wildman–Crippen LogP) is 5.34. The summed E-state index contributed by atoms with van der Waals surface area (Å²) in [7, 11) is -1.88. The molecule has 3 fully saturated rings. The number of rotatable bonds is 9. The number of carboxylic acid groups (broad SMARTS) is 1. The molecule has 3 aliphatic rings. The maximum Gasteiger partial charge on any atom is 0.307 e. The fraction of sp³-hybridized carbons (Fsp3) is 0.500. The van der Waals surface area contributed by atoms with Gasteiger partial charge in [-0.15, -0.1) is 0 Å². The summed E-state index contributed by atoms with van der Waals surface area (Å²) in [6.07, 6.45) is 2.46. The number of nitrogens with zero attached hydrogens (tertiary/aromatic N) is 2. The van der Waals surface area contributed by atoms with Crippen LogP contribution in [0, 0.1) is 11.3 Å². The van der Waals surface area contributed by atoms with Crippen molar-refractivity contribution < 1.29 is 23.1 Å². The van der Waals surface area contributed by atoms with Crippen LogP contribution in [0.4, 0.5) is 0 Å². The van der Waals surface area contributed by atoms with Crippen LogP contribution in [0.3, 0.4) is 0 Å². The Bertz CT molecular complexity index is 1350. The van der Waals surface area contributed by atoms with E-state index in [2.05, 4.69) is 0 Å². The zero-order valence-corrected chi connectivity index (χ0v) is 23.7. The van der Waals surface area contributed by atoms with E-state index in [1.165, 1.54) is 4.31 Å². The number of hydrogen-bond donors (Lipinski definition) is 1. The Balaban J connectivity index is 1.63. The number of carboxylic acids is 1. The van der Waals surface area contributed by atoms with Crippen molar-refractivity contribution in [3.8, 4) is 0 Å². The van der Waals surface area contributed by atoms with E-state index in [9.17, 15) is 23.1 Å². The molecule has 1 spiro atoms. The summed E-state index contributed by atoms with van der Waals surface area (Å²) in [5.74, 6) is -2.20. The Kier molecular flexibility index (Phi) is 7.31. The maximum absolute atomic E-state index is 14.3. The number of hydrogen-bond acceptors (Lipinski definition) is 4. The first-order valence-corrected chi connectivity index (χ1v) is 15.3. The van der Waals surface area contributed by atoms with E-state index in [-0.39, 0.29) is 30.0 Å². The van der Waals surface area contributed by atoms with Crippen molar-refractivity contribution in [1.82, 2.24) is 9.21 Å². The highest BCUT2D eigenvalue weighted by Gasteiger charge is 2.69. The molecule has 0 aromatic heterocycles. The fourth-order valence-corrected chi connectivity index (χ4v) is 8.12. The van der Waals surface area contributed by atoms with E-state index >= 15 is 0 Å². The number of carbonyl (C=O) groups is 2. The first-order chi connectivity index (χ1) is 18.0. The van der Waals surface area contributed by atoms with Crippen molar-refractivity contribution in [2.75, 3.05) is 13.6 Å². The predicted molar refractivity (Wildman–Crippen MR) is 147 cm³/mol. The van der Waals surface area contributed by atoms with E-state index < -0.39 is 39.4 Å². The zero-order chi connectivity index (χ0) is 27.4. The van der Waals surface area contributed by atoms with Crippen LogP contribution >= 0.6 is 23.2 Å². The molecule has 2 aromatic rings. The Hall–Kier alpha value is -2.13. The van der Waals surface area contributed by atoms with Gasteiger partial charge in [-0.05, 0) is 67.5 Å². The average Bonchev–Trinajstić information content (AvgIpc) is 3.80. The number of benzene rings is 2. The molecule has 38 heavy (non-hydrogen) atoms. The van der Waals surface area contributed by atoms with Gasteiger partial charge in [0.2, 0.25) is 15.9 Å². The monoisotopic (exact) mass is 578 g/mol. The highest BCUT2D eigenvalue weighted by Crippen LogP contribution is 2.65. The molecule has 5 rings (SSSR count). The maximum atomic E-state index is 14.3. The SMILES string of the molecule is CCC(CN(C)S(=O)(=O)C1CC1)N1C(=O)C2(CC2C(=O)O)C[C@H](c2cccc(Cl)c2)C1c1ccc(Cl)cc1. The highest BCUT2D eigenvalue weighted by molar-refractivity contribution is 7.90. The standard InChI is InChI=1S/C28H32Cl2N2O5S/c1-3-21(16-31(2)38(36,37)22-11-12-22)32-25(17-7-9-19(29)10-8-17)23(18-5-4-6-20(30)13-18)14-28(27(32)35)15-24(28)26(33)34/h4-10,13,21-25H,3,11-12,14-16H2,1-2H3,(H,33,34)/t21?,23-,24?,25?,28?/m1/s1. The summed E-state index contributed by atoms with van der Waals surface area (Å²) in [4.78, 5) is 28.2. The van der Waals surface area contributed by atoms with E-state index in [0.29, 0.717) is 35.7 Å². The molecule has 7 nitrogen and oxygen atoms in total. The van der Waals surface area contributed by atoms with Gasteiger partial charge in [-0.3, -0.25) is 9.59 Å². The summed E-state index contributed by atoms with van der Waals surface area (Å²) in [5, 5.41) is 10.7. The first kappa shape index (κ1) is 27.4. The second kappa shape index (κ2) is 10.1. The molecule has 2 aliphatic carbocycles. The molecule has 1 heterocycles. The lowest BCUT2D eigenvalue weighted by Crippen LogP contribution is -2.56. The van der Waals surface area contributed by atoms with Gasteiger partial charge >= 0.3 is 5.97 Å². The lowest BCUT2D eigenvalue weighted by molar-refractivity contribution is -0.154. The minimum absolute atomic E-state index is 0.140. The van der Waals surface area contributed by atoms with Crippen molar-refractivity contribution in [3.05, 3.63) is 69.7 Å². The fourth-order valence-electron chi connectivity index (χ4n) is 6.18. The van der Waals surface area contributed by atoms with Gasteiger partial charge in [-0.25, -0.2) is 12.7 Å². The van der Waals surface area contributed by atoms with Crippen LogP contribution in [0.2, 0.25) is 10.0 Å². The lowest BCUT2D eigenvalue weighted by atomic mass is 9.72. The quantitative estimate of drug-likeness (QED) is 0.433. The second-order valence-electron chi connectivity index (χ2n) is 10.9. The number of halogens is 2. The first-order valence-electron chi connectivity index (χ1n) is 13.0. The molecule has 10 heteroatoms. The van der Waals surface area contributed by atoms with Gasteiger partial charge < -0.3 is 10.0 Å². The number of carbonyl (C=O) groups excluding carboxylic acids is 1. The van der Waals surface area contributed by atoms with Crippen LogP contribution in [0.5, 0.6) is 0 Å². The largest absolute Gasteiger partial charge is 0.481 e. The van der Waals surface area contributed by atoms with Gasteiger partial charge in [-0.1, -0.05) is 54.4 Å². The number of piperidine rings is 1. The molecule has 4 unspecified atom stereocenters. The Morgan fingerprint density at radius 1 is 1.11 bits per heavy atom. The Morgan fingerprint density at radius 2 is 1.79 bits per heavy atom. The van der Waals surface area contributed by atoms with Gasteiger partial charge in [0.25, 0.3) is 0 Å². The van der Waals surface area contributed by atoms with Crippen molar-refractivity contribution in [2.24, 2.45) is 11.3 Å². The van der Waals surface area contributed by atoms with Gasteiger partial charge in [-0.2, -0.15) is 0 Å². The molecular formula is C28H32Cl2N2O5S. The molecular weight excluding hydrogens is 547 g/mol. The van der Waals surface area contributed by atoms with Crippen molar-refractivity contribution in [2.45, 2.75) is 62.3 Å². The van der Waals surface area contributed by atoms with Crippen LogP contribution in [0.15, 0.2) is 48.5 Å². The van der Waals surface area contributed by atoms with Crippen molar-refractivity contribution >= 4 is 45.1 Å². The number of aliphatic carboxylic acids is 1. The Labute approximate surface area is 233 Å². The topological polar surface area (TPSA) is 95.0 Å². The smallest absolute Gasteiger partial charge is 0.307 e. The lowest BCUT2D eigenvalue weighted by Gasteiger charge is -2.49. The Morgan fingerprint density at radius 3 is 2.34 bits per heavy atom.